The summed E-state index contributed by atoms with van der Waals surface area (Å²) in [5.74, 6) is 0.535. The Hall–Kier alpha value is -3.02. The van der Waals surface area contributed by atoms with Crippen LogP contribution < -0.4 is 15.4 Å². The molecule has 2 N–H and O–H groups in total. The molecule has 0 saturated carbocycles. The highest BCUT2D eigenvalue weighted by Crippen LogP contribution is 2.33. The van der Waals surface area contributed by atoms with Crippen molar-refractivity contribution >= 4 is 23.2 Å². The molecule has 140 valence electrons. The van der Waals surface area contributed by atoms with Crippen LogP contribution in [0.2, 0.25) is 0 Å². The number of fused-ring (bicyclic) bond motifs is 1. The molecule has 1 saturated heterocycles. The Morgan fingerprint density at radius 1 is 1.19 bits per heavy atom. The molecule has 0 bridgehead atoms. The fourth-order valence-electron chi connectivity index (χ4n) is 3.52. The highest BCUT2D eigenvalue weighted by molar-refractivity contribution is 5.98. The van der Waals surface area contributed by atoms with Gasteiger partial charge in [-0.3, -0.25) is 9.59 Å². The van der Waals surface area contributed by atoms with E-state index < -0.39 is 12.1 Å². The molecule has 4 rings (SSSR count). The summed E-state index contributed by atoms with van der Waals surface area (Å²) in [6.07, 6.45) is 1.59. The molecule has 6 nitrogen and oxygen atoms in total. The third kappa shape index (κ3) is 3.60. The summed E-state index contributed by atoms with van der Waals surface area (Å²) in [7, 11) is 0. The number of amides is 2. The van der Waals surface area contributed by atoms with Crippen LogP contribution in [-0.2, 0) is 9.59 Å². The average molecular weight is 365 g/mol. The summed E-state index contributed by atoms with van der Waals surface area (Å²) in [6, 6.07) is 14.7. The van der Waals surface area contributed by atoms with E-state index in [1.807, 2.05) is 53.4 Å². The largest absolute Gasteiger partial charge is 0.479 e. The Morgan fingerprint density at radius 3 is 2.67 bits per heavy atom. The zero-order valence-electron chi connectivity index (χ0n) is 15.3. The van der Waals surface area contributed by atoms with E-state index in [1.165, 1.54) is 0 Å². The molecule has 2 aromatic rings. The van der Waals surface area contributed by atoms with Gasteiger partial charge in [-0.05, 0) is 43.5 Å². The van der Waals surface area contributed by atoms with E-state index in [9.17, 15) is 9.59 Å². The molecule has 2 aliphatic heterocycles. The lowest BCUT2D eigenvalue weighted by molar-refractivity contribution is -0.131. The van der Waals surface area contributed by atoms with Crippen molar-refractivity contribution in [3.63, 3.8) is 0 Å². The van der Waals surface area contributed by atoms with Gasteiger partial charge in [-0.15, -0.1) is 0 Å². The van der Waals surface area contributed by atoms with E-state index in [0.29, 0.717) is 11.4 Å². The minimum atomic E-state index is -0.509. The number of nitrogens with zero attached hydrogens (tertiary/aromatic N) is 1. The molecule has 6 heteroatoms. The molecule has 0 aliphatic carbocycles. The van der Waals surface area contributed by atoms with Gasteiger partial charge in [0, 0.05) is 18.8 Å². The van der Waals surface area contributed by atoms with E-state index in [4.69, 9.17) is 4.74 Å². The monoisotopic (exact) mass is 365 g/mol. The standard InChI is InChI=1S/C21H23N3O3/c1-14-20(25)23-17-13-16(9-10-18(17)27-14)22-19(15-7-3-2-4-8-15)21(26)24-11-5-6-12-24/h2-4,7-10,13-14,19,22H,5-6,11-12H2,1H3,(H,23,25)/t14-,19-/m0/s1. The second kappa shape index (κ2) is 7.31. The van der Waals surface area contributed by atoms with Gasteiger partial charge in [-0.25, -0.2) is 0 Å². The number of carbonyl (C=O) groups is 2. The van der Waals surface area contributed by atoms with Crippen LogP contribution in [0.25, 0.3) is 0 Å². The summed E-state index contributed by atoms with van der Waals surface area (Å²) >= 11 is 0. The minimum Gasteiger partial charge on any atom is -0.479 e. The third-order valence-corrected chi connectivity index (χ3v) is 5.02. The van der Waals surface area contributed by atoms with Crippen molar-refractivity contribution in [1.82, 2.24) is 4.90 Å². The first kappa shape index (κ1) is 17.4. The van der Waals surface area contributed by atoms with Crippen LogP contribution in [0.1, 0.15) is 31.4 Å². The molecule has 27 heavy (non-hydrogen) atoms. The predicted molar refractivity (Wildman–Crippen MR) is 104 cm³/mol. The molecule has 0 spiro atoms. The molecule has 0 aromatic heterocycles. The summed E-state index contributed by atoms with van der Waals surface area (Å²) < 4.78 is 5.60. The van der Waals surface area contributed by atoms with Crippen LogP contribution in [0.15, 0.2) is 48.5 Å². The van der Waals surface area contributed by atoms with Gasteiger partial charge in [-0.2, -0.15) is 0 Å². The van der Waals surface area contributed by atoms with Crippen molar-refractivity contribution in [3.8, 4) is 5.75 Å². The van der Waals surface area contributed by atoms with Gasteiger partial charge >= 0.3 is 0 Å². The Morgan fingerprint density at radius 2 is 1.93 bits per heavy atom. The van der Waals surface area contributed by atoms with Crippen LogP contribution in [-0.4, -0.2) is 35.9 Å². The smallest absolute Gasteiger partial charge is 0.265 e. The maximum Gasteiger partial charge on any atom is 0.265 e. The quantitative estimate of drug-likeness (QED) is 0.873. The predicted octanol–water partition coefficient (Wildman–Crippen LogP) is 3.18. The normalized spacial score (nSPS) is 19.7. The second-order valence-electron chi connectivity index (χ2n) is 6.98. The number of benzene rings is 2. The van der Waals surface area contributed by atoms with Crippen molar-refractivity contribution < 1.29 is 14.3 Å². The molecule has 2 amide bonds. The minimum absolute atomic E-state index is 0.0744. The van der Waals surface area contributed by atoms with Gasteiger partial charge in [0.1, 0.15) is 11.8 Å². The van der Waals surface area contributed by atoms with Gasteiger partial charge in [0.15, 0.2) is 6.10 Å². The van der Waals surface area contributed by atoms with Gasteiger partial charge in [0.05, 0.1) is 5.69 Å². The average Bonchev–Trinajstić information content (AvgIpc) is 3.22. The van der Waals surface area contributed by atoms with E-state index in [0.717, 1.165) is 37.2 Å². The van der Waals surface area contributed by atoms with E-state index in [-0.39, 0.29) is 11.8 Å². The molecular weight excluding hydrogens is 342 g/mol. The summed E-state index contributed by atoms with van der Waals surface area (Å²) in [6.45, 7) is 3.32. The molecule has 2 aliphatic rings. The van der Waals surface area contributed by atoms with Gasteiger partial charge in [0.25, 0.3) is 5.91 Å². The Balaban J connectivity index is 1.61. The highest BCUT2D eigenvalue weighted by atomic mass is 16.5. The molecule has 2 atom stereocenters. The summed E-state index contributed by atoms with van der Waals surface area (Å²) in [5, 5.41) is 6.20. The van der Waals surface area contributed by atoms with Crippen LogP contribution in [0.4, 0.5) is 11.4 Å². The van der Waals surface area contributed by atoms with Gasteiger partial charge < -0.3 is 20.3 Å². The number of rotatable bonds is 4. The van der Waals surface area contributed by atoms with Crippen molar-refractivity contribution in [2.75, 3.05) is 23.7 Å². The lowest BCUT2D eigenvalue weighted by atomic mass is 10.0. The molecule has 0 radical (unpaired) electrons. The zero-order chi connectivity index (χ0) is 18.8. The first-order chi connectivity index (χ1) is 13.1. The van der Waals surface area contributed by atoms with E-state index in [2.05, 4.69) is 10.6 Å². The molecule has 2 heterocycles. The molecule has 1 fully saturated rings. The van der Waals surface area contributed by atoms with E-state index >= 15 is 0 Å². The fraction of sp³-hybridized carbons (Fsp3) is 0.333. The van der Waals surface area contributed by atoms with Crippen molar-refractivity contribution in [2.45, 2.75) is 31.9 Å². The summed E-state index contributed by atoms with van der Waals surface area (Å²) in [5.41, 5.74) is 2.29. The van der Waals surface area contributed by atoms with Crippen molar-refractivity contribution in [3.05, 3.63) is 54.1 Å². The molecule has 2 aromatic carbocycles. The van der Waals surface area contributed by atoms with Crippen LogP contribution >= 0.6 is 0 Å². The fourth-order valence-corrected chi connectivity index (χ4v) is 3.52. The van der Waals surface area contributed by atoms with Gasteiger partial charge in [0.2, 0.25) is 5.91 Å². The Bertz CT molecular complexity index is 847. The molecule has 0 unspecified atom stereocenters. The first-order valence-corrected chi connectivity index (χ1v) is 9.33. The lowest BCUT2D eigenvalue weighted by Crippen LogP contribution is -2.36. The van der Waals surface area contributed by atoms with Crippen molar-refractivity contribution in [2.24, 2.45) is 0 Å². The zero-order valence-corrected chi connectivity index (χ0v) is 15.3. The summed E-state index contributed by atoms with van der Waals surface area (Å²) in [4.78, 5) is 26.9. The lowest BCUT2D eigenvalue weighted by Gasteiger charge is -2.27. The Kier molecular flexibility index (Phi) is 4.71. The third-order valence-electron chi connectivity index (χ3n) is 5.02. The first-order valence-electron chi connectivity index (χ1n) is 9.33. The number of hydrogen-bond acceptors (Lipinski definition) is 4. The maximum absolute atomic E-state index is 13.1. The number of carbonyl (C=O) groups excluding carboxylic acids is 2. The van der Waals surface area contributed by atoms with Crippen LogP contribution in [0.5, 0.6) is 5.75 Å². The van der Waals surface area contributed by atoms with Crippen LogP contribution in [0, 0.1) is 0 Å². The number of likely N-dealkylation sites (tertiary alicyclic amines) is 1. The van der Waals surface area contributed by atoms with E-state index in [1.54, 1.807) is 6.92 Å². The number of nitrogens with one attached hydrogen (secondary N) is 2. The number of anilines is 2. The topological polar surface area (TPSA) is 70.7 Å². The Labute approximate surface area is 158 Å². The molecular formula is C21H23N3O3. The maximum atomic E-state index is 13.1. The van der Waals surface area contributed by atoms with Crippen LogP contribution in [0.3, 0.4) is 0 Å². The second-order valence-corrected chi connectivity index (χ2v) is 6.98. The van der Waals surface area contributed by atoms with Gasteiger partial charge in [-0.1, -0.05) is 30.3 Å². The number of ether oxygens (including phenoxy) is 1. The van der Waals surface area contributed by atoms with Crippen molar-refractivity contribution in [1.29, 1.82) is 0 Å². The SMILES string of the molecule is C[C@@H]1Oc2ccc(N[C@H](C(=O)N3CCCC3)c3ccccc3)cc2NC1=O. The number of hydrogen-bond donors (Lipinski definition) is 2. The highest BCUT2D eigenvalue weighted by Gasteiger charge is 2.29.